The van der Waals surface area contributed by atoms with Crippen LogP contribution in [0.1, 0.15) is 19.3 Å². The van der Waals surface area contributed by atoms with Gasteiger partial charge in [-0.3, -0.25) is 10.3 Å². The molecule has 2 aliphatic heterocycles. The third kappa shape index (κ3) is 2.21. The van der Waals surface area contributed by atoms with E-state index in [1.165, 1.54) is 24.3 Å². The average molecular weight is 215 g/mol. The van der Waals surface area contributed by atoms with Crippen LogP contribution in [0.4, 0.5) is 0 Å². The number of aliphatic imine (C=N–C) groups is 1. The van der Waals surface area contributed by atoms with E-state index in [0.717, 1.165) is 18.8 Å². The van der Waals surface area contributed by atoms with E-state index in [1.807, 2.05) is 11.8 Å². The highest BCUT2D eigenvalue weighted by molar-refractivity contribution is 7.99. The van der Waals surface area contributed by atoms with E-state index >= 15 is 0 Å². The van der Waals surface area contributed by atoms with Crippen LogP contribution in [0.25, 0.3) is 0 Å². The summed E-state index contributed by atoms with van der Waals surface area (Å²) in [7, 11) is 0. The Labute approximate surface area is 88.6 Å². The molecule has 0 aromatic carbocycles. The Balaban J connectivity index is 1.96. The Morgan fingerprint density at radius 2 is 2.29 bits per heavy atom. The molecule has 0 bridgehead atoms. The number of hydroxylamine groups is 1. The molecule has 0 saturated carbocycles. The molecule has 14 heavy (non-hydrogen) atoms. The fraction of sp³-hybridized carbons (Fsp3) is 0.889. The van der Waals surface area contributed by atoms with Crippen molar-refractivity contribution in [2.75, 3.05) is 24.8 Å². The molecule has 0 atom stereocenters. The smallest absolute Gasteiger partial charge is 0.166 e. The molecule has 2 heterocycles. The van der Waals surface area contributed by atoms with Gasteiger partial charge in [0.25, 0.3) is 0 Å². The van der Waals surface area contributed by atoms with Gasteiger partial charge in [0.1, 0.15) is 5.84 Å². The largest absolute Gasteiger partial charge is 0.330 e. The summed E-state index contributed by atoms with van der Waals surface area (Å²) in [5.74, 6) is 3.43. The van der Waals surface area contributed by atoms with Crippen LogP contribution in [-0.2, 0) is 4.84 Å². The fourth-order valence-electron chi connectivity index (χ4n) is 1.96. The van der Waals surface area contributed by atoms with Crippen molar-refractivity contribution in [3.05, 3.63) is 0 Å². The molecule has 1 fully saturated rings. The van der Waals surface area contributed by atoms with E-state index in [0.29, 0.717) is 6.73 Å². The zero-order valence-corrected chi connectivity index (χ0v) is 9.11. The SMILES string of the molecule is NCC1(CC2=NCON2)CCSCC1. The lowest BCUT2D eigenvalue weighted by molar-refractivity contribution is 0.112. The van der Waals surface area contributed by atoms with Gasteiger partial charge >= 0.3 is 0 Å². The van der Waals surface area contributed by atoms with E-state index in [9.17, 15) is 0 Å². The molecule has 2 rings (SSSR count). The first-order valence-corrected chi connectivity index (χ1v) is 6.19. The summed E-state index contributed by atoms with van der Waals surface area (Å²) in [6.45, 7) is 1.21. The molecular formula is C9H17N3OS. The first-order valence-electron chi connectivity index (χ1n) is 5.04. The molecule has 1 saturated heterocycles. The Bertz CT molecular complexity index is 226. The fourth-order valence-corrected chi connectivity index (χ4v) is 3.32. The van der Waals surface area contributed by atoms with Crippen LogP contribution in [0.2, 0.25) is 0 Å². The van der Waals surface area contributed by atoms with Crippen molar-refractivity contribution in [3.8, 4) is 0 Å². The first kappa shape index (κ1) is 10.3. The molecule has 3 N–H and O–H groups in total. The number of nitrogens with one attached hydrogen (secondary N) is 1. The predicted molar refractivity (Wildman–Crippen MR) is 59.2 cm³/mol. The van der Waals surface area contributed by atoms with Crippen LogP contribution < -0.4 is 11.2 Å². The summed E-state index contributed by atoms with van der Waals surface area (Å²) in [6, 6.07) is 0. The maximum absolute atomic E-state index is 5.88. The van der Waals surface area contributed by atoms with Gasteiger partial charge in [-0.25, -0.2) is 4.99 Å². The molecule has 0 spiro atoms. The standard InChI is InChI=1S/C9H17N3OS/c10-6-9(1-3-14-4-2-9)5-8-11-7-13-12-8/h1-7,10H2,(H,11,12). The number of nitrogens with two attached hydrogens (primary N) is 1. The molecule has 0 aromatic rings. The first-order chi connectivity index (χ1) is 6.85. The summed E-state index contributed by atoms with van der Waals surface area (Å²) < 4.78 is 0. The quantitative estimate of drug-likeness (QED) is 0.729. The molecule has 80 valence electrons. The minimum Gasteiger partial charge on any atom is -0.330 e. The lowest BCUT2D eigenvalue weighted by Crippen LogP contribution is -2.38. The third-order valence-electron chi connectivity index (χ3n) is 3.04. The predicted octanol–water partition coefficient (Wildman–Crippen LogP) is 0.739. The van der Waals surface area contributed by atoms with Gasteiger partial charge in [-0.1, -0.05) is 0 Å². The highest BCUT2D eigenvalue weighted by atomic mass is 32.2. The van der Waals surface area contributed by atoms with Crippen LogP contribution >= 0.6 is 11.8 Å². The number of amidine groups is 1. The topological polar surface area (TPSA) is 59.6 Å². The van der Waals surface area contributed by atoms with Gasteiger partial charge in [-0.2, -0.15) is 11.8 Å². The molecule has 0 radical (unpaired) electrons. The van der Waals surface area contributed by atoms with Crippen LogP contribution in [0.5, 0.6) is 0 Å². The van der Waals surface area contributed by atoms with Gasteiger partial charge in [0.15, 0.2) is 6.73 Å². The van der Waals surface area contributed by atoms with Crippen LogP contribution in [0.15, 0.2) is 4.99 Å². The summed E-state index contributed by atoms with van der Waals surface area (Å²) in [4.78, 5) is 9.23. The normalized spacial score (nSPS) is 25.6. The summed E-state index contributed by atoms with van der Waals surface area (Å²) in [6.07, 6.45) is 3.35. The van der Waals surface area contributed by atoms with Gasteiger partial charge in [0, 0.05) is 6.42 Å². The van der Waals surface area contributed by atoms with Crippen LogP contribution in [0.3, 0.4) is 0 Å². The second-order valence-electron chi connectivity index (χ2n) is 3.97. The van der Waals surface area contributed by atoms with E-state index in [4.69, 9.17) is 10.6 Å². The van der Waals surface area contributed by atoms with Gasteiger partial charge in [-0.05, 0) is 36.3 Å². The minimum absolute atomic E-state index is 0.269. The third-order valence-corrected chi connectivity index (χ3v) is 4.02. The van der Waals surface area contributed by atoms with E-state index in [-0.39, 0.29) is 5.41 Å². The van der Waals surface area contributed by atoms with Crippen molar-refractivity contribution >= 4 is 17.6 Å². The molecule has 4 nitrogen and oxygen atoms in total. The minimum atomic E-state index is 0.269. The van der Waals surface area contributed by atoms with Crippen molar-refractivity contribution in [2.45, 2.75) is 19.3 Å². The number of nitrogens with zero attached hydrogens (tertiary/aromatic N) is 1. The molecule has 0 amide bonds. The van der Waals surface area contributed by atoms with E-state index in [2.05, 4.69) is 10.5 Å². The van der Waals surface area contributed by atoms with Crippen LogP contribution in [-0.4, -0.2) is 30.6 Å². The summed E-state index contributed by atoms with van der Waals surface area (Å²) in [5, 5.41) is 0. The van der Waals surface area contributed by atoms with Crippen molar-refractivity contribution in [3.63, 3.8) is 0 Å². The van der Waals surface area contributed by atoms with E-state index < -0.39 is 0 Å². The summed E-state index contributed by atoms with van der Waals surface area (Å²) in [5.41, 5.74) is 9.00. The Kier molecular flexibility index (Phi) is 3.30. The lowest BCUT2D eigenvalue weighted by Gasteiger charge is -2.35. The number of rotatable bonds is 3. The average Bonchev–Trinajstić information content (AvgIpc) is 2.72. The van der Waals surface area contributed by atoms with Crippen molar-refractivity contribution in [1.82, 2.24) is 5.48 Å². The highest BCUT2D eigenvalue weighted by Crippen LogP contribution is 2.37. The molecule has 0 aliphatic carbocycles. The van der Waals surface area contributed by atoms with Crippen LogP contribution in [0, 0.1) is 5.41 Å². The van der Waals surface area contributed by atoms with Gasteiger partial charge < -0.3 is 5.73 Å². The van der Waals surface area contributed by atoms with Crippen molar-refractivity contribution in [1.29, 1.82) is 0 Å². The summed E-state index contributed by atoms with van der Waals surface area (Å²) >= 11 is 2.02. The molecule has 0 aromatic heterocycles. The monoisotopic (exact) mass is 215 g/mol. The van der Waals surface area contributed by atoms with Crippen molar-refractivity contribution < 1.29 is 4.84 Å². The molecule has 0 unspecified atom stereocenters. The maximum Gasteiger partial charge on any atom is 0.166 e. The second-order valence-corrected chi connectivity index (χ2v) is 5.20. The molecule has 2 aliphatic rings. The van der Waals surface area contributed by atoms with Gasteiger partial charge in [0.05, 0.1) is 0 Å². The second kappa shape index (κ2) is 4.51. The molecular weight excluding hydrogens is 198 g/mol. The number of thioether (sulfide) groups is 1. The number of hydrogen-bond acceptors (Lipinski definition) is 5. The zero-order valence-electron chi connectivity index (χ0n) is 8.29. The zero-order chi connectivity index (χ0) is 9.86. The van der Waals surface area contributed by atoms with Gasteiger partial charge in [0.2, 0.25) is 0 Å². The highest BCUT2D eigenvalue weighted by Gasteiger charge is 2.33. The Hall–Kier alpha value is -0.260. The number of hydrogen-bond donors (Lipinski definition) is 2. The van der Waals surface area contributed by atoms with Gasteiger partial charge in [-0.15, -0.1) is 0 Å². The molecule has 5 heteroatoms. The Morgan fingerprint density at radius 3 is 2.86 bits per heavy atom. The van der Waals surface area contributed by atoms with E-state index in [1.54, 1.807) is 0 Å². The Morgan fingerprint density at radius 1 is 1.50 bits per heavy atom. The lowest BCUT2D eigenvalue weighted by atomic mass is 9.78. The van der Waals surface area contributed by atoms with Crippen molar-refractivity contribution in [2.24, 2.45) is 16.1 Å². The maximum atomic E-state index is 5.88.